The molecule has 0 saturated heterocycles. The van der Waals surface area contributed by atoms with E-state index in [4.69, 9.17) is 0 Å². The van der Waals surface area contributed by atoms with Crippen LogP contribution in [0.5, 0.6) is 0 Å². The molecule has 1 aliphatic heterocycles. The molecule has 0 aromatic carbocycles. The average molecular weight is 418 g/mol. The Kier molecular flexibility index (Phi) is 4.04. The number of rotatable bonds is 2. The minimum Gasteiger partial charge on any atom is -0.342 e. The van der Waals surface area contributed by atoms with E-state index in [1.165, 1.54) is 0 Å². The van der Waals surface area contributed by atoms with Crippen LogP contribution in [-0.4, -0.2) is 27.5 Å². The molecule has 0 N–H and O–H groups in total. The number of hydrogen-bond acceptors (Lipinski definition) is 6. The van der Waals surface area contributed by atoms with E-state index in [0.29, 0.717) is 11.9 Å². The van der Waals surface area contributed by atoms with E-state index in [1.54, 1.807) is 46.5 Å². The predicted molar refractivity (Wildman–Crippen MR) is 63.9 cm³/mol. The average Bonchev–Trinajstić information content (AvgIpc) is 2.90. The Hall–Kier alpha value is -1.75. The summed E-state index contributed by atoms with van der Waals surface area (Å²) in [7, 11) is 1.82. The molecule has 6 nitrogen and oxygen atoms in total. The maximum absolute atomic E-state index is 4.15. The van der Waals surface area contributed by atoms with E-state index in [2.05, 4.69) is 19.9 Å². The van der Waals surface area contributed by atoms with Crippen LogP contribution in [-0.2, 0) is 21.1 Å². The van der Waals surface area contributed by atoms with Crippen LogP contribution in [0.1, 0.15) is 0 Å². The molecule has 0 unspecified atom stereocenters. The van der Waals surface area contributed by atoms with Crippen LogP contribution in [0.2, 0.25) is 0 Å². The maximum Gasteiger partial charge on any atom is 0.405 e. The molecule has 3 heterocycles. The molecular formula is C10H8BN6Pt. The van der Waals surface area contributed by atoms with E-state index in [9.17, 15) is 0 Å². The molecule has 0 amide bonds. The Balaban J connectivity index is 0.00000120. The topological polar surface area (TPSA) is 58.0 Å². The monoisotopic (exact) mass is 418 g/mol. The zero-order valence-corrected chi connectivity index (χ0v) is 11.5. The Morgan fingerprint density at radius 2 is 1.11 bits per heavy atom. The van der Waals surface area contributed by atoms with E-state index < -0.39 is 0 Å². The van der Waals surface area contributed by atoms with E-state index in [0.717, 1.165) is 0 Å². The first kappa shape index (κ1) is 12.7. The van der Waals surface area contributed by atoms with Crippen LogP contribution < -0.4 is 9.62 Å². The fourth-order valence-corrected chi connectivity index (χ4v) is 1.44. The molecule has 8 heteroatoms. The standard InChI is InChI=1S/C10H8BN6.Pt/c1-3-12-9(13-4-1)16-7-8-17(11-16)10-14-5-2-6-15-10;/h1-8H;. The quantitative estimate of drug-likeness (QED) is 0.667. The summed E-state index contributed by atoms with van der Waals surface area (Å²) in [6, 6.07) is 3.56. The van der Waals surface area contributed by atoms with Crippen LogP contribution in [0.15, 0.2) is 49.3 Å². The summed E-state index contributed by atoms with van der Waals surface area (Å²) < 4.78 is 0. The molecule has 91 valence electrons. The van der Waals surface area contributed by atoms with Gasteiger partial charge in [0.25, 0.3) is 0 Å². The summed E-state index contributed by atoms with van der Waals surface area (Å²) in [5.41, 5.74) is 0. The minimum absolute atomic E-state index is 0. The first-order chi connectivity index (χ1) is 8.43. The van der Waals surface area contributed by atoms with E-state index >= 15 is 0 Å². The van der Waals surface area contributed by atoms with Gasteiger partial charge in [0, 0.05) is 58.3 Å². The number of hydrogen-bond donors (Lipinski definition) is 0. The molecule has 1 aliphatic rings. The molecule has 2 aromatic heterocycles. The van der Waals surface area contributed by atoms with Gasteiger partial charge in [-0.2, -0.15) is 0 Å². The largest absolute Gasteiger partial charge is 0.405 e. The zero-order valence-electron chi connectivity index (χ0n) is 9.20. The molecule has 0 aliphatic carbocycles. The second kappa shape index (κ2) is 5.73. The normalized spacial score (nSPS) is 13.1. The second-order valence-electron chi connectivity index (χ2n) is 3.33. The molecular weight excluding hydrogens is 410 g/mol. The van der Waals surface area contributed by atoms with Gasteiger partial charge in [0.2, 0.25) is 11.9 Å². The van der Waals surface area contributed by atoms with Crippen molar-refractivity contribution < 1.29 is 21.1 Å². The Labute approximate surface area is 119 Å². The summed E-state index contributed by atoms with van der Waals surface area (Å²) in [5.74, 6) is 1.23. The fourth-order valence-electron chi connectivity index (χ4n) is 1.44. The van der Waals surface area contributed by atoms with Crippen molar-refractivity contribution in [2.45, 2.75) is 0 Å². The fraction of sp³-hybridized carbons (Fsp3) is 0. The van der Waals surface area contributed by atoms with Crippen molar-refractivity contribution in [2.75, 3.05) is 9.62 Å². The molecule has 2 aromatic rings. The molecule has 0 saturated carbocycles. The van der Waals surface area contributed by atoms with Gasteiger partial charge in [-0.3, -0.25) is 0 Å². The molecule has 18 heavy (non-hydrogen) atoms. The van der Waals surface area contributed by atoms with Crippen LogP contribution in [0.3, 0.4) is 0 Å². The van der Waals surface area contributed by atoms with Crippen LogP contribution in [0, 0.1) is 0 Å². The Morgan fingerprint density at radius 3 is 1.50 bits per heavy atom. The van der Waals surface area contributed by atoms with Crippen molar-refractivity contribution in [3.05, 3.63) is 49.3 Å². The predicted octanol–water partition coefficient (Wildman–Crippen LogP) is 0.596. The van der Waals surface area contributed by atoms with E-state index in [1.807, 2.05) is 19.9 Å². The van der Waals surface area contributed by atoms with Gasteiger partial charge >= 0.3 is 7.55 Å². The summed E-state index contributed by atoms with van der Waals surface area (Å²) in [5, 5.41) is 0. The molecule has 0 spiro atoms. The van der Waals surface area contributed by atoms with Crippen LogP contribution in [0.4, 0.5) is 11.9 Å². The first-order valence-electron chi connectivity index (χ1n) is 5.07. The van der Waals surface area contributed by atoms with Gasteiger partial charge in [0.05, 0.1) is 0 Å². The van der Waals surface area contributed by atoms with Gasteiger partial charge in [-0.1, -0.05) is 0 Å². The third-order valence-corrected chi connectivity index (χ3v) is 2.20. The third kappa shape index (κ3) is 2.56. The number of nitrogens with zero attached hydrogens (tertiary/aromatic N) is 6. The van der Waals surface area contributed by atoms with Crippen molar-refractivity contribution in [3.8, 4) is 0 Å². The van der Waals surface area contributed by atoms with Crippen molar-refractivity contribution in [3.63, 3.8) is 0 Å². The Morgan fingerprint density at radius 1 is 0.722 bits per heavy atom. The van der Waals surface area contributed by atoms with Gasteiger partial charge in [-0.25, -0.2) is 19.9 Å². The minimum atomic E-state index is 0. The van der Waals surface area contributed by atoms with Gasteiger partial charge in [-0.15, -0.1) is 0 Å². The summed E-state index contributed by atoms with van der Waals surface area (Å²) >= 11 is 0. The summed E-state index contributed by atoms with van der Waals surface area (Å²) in [4.78, 5) is 20.2. The molecule has 3 rings (SSSR count). The number of aromatic nitrogens is 4. The SMILES string of the molecule is [B]1N(c2ncccn2)C=CN1c1ncccn1.[Pt]. The first-order valence-corrected chi connectivity index (χ1v) is 5.07. The maximum atomic E-state index is 4.15. The Bertz CT molecular complexity index is 475. The van der Waals surface area contributed by atoms with Crippen molar-refractivity contribution in [1.82, 2.24) is 19.9 Å². The summed E-state index contributed by atoms with van der Waals surface area (Å²) in [6.07, 6.45) is 10.5. The van der Waals surface area contributed by atoms with Crippen LogP contribution >= 0.6 is 0 Å². The van der Waals surface area contributed by atoms with Crippen molar-refractivity contribution >= 4 is 19.4 Å². The van der Waals surface area contributed by atoms with Crippen LogP contribution in [0.25, 0.3) is 0 Å². The van der Waals surface area contributed by atoms with Gasteiger partial charge in [0.15, 0.2) is 0 Å². The van der Waals surface area contributed by atoms with E-state index in [-0.39, 0.29) is 21.1 Å². The molecule has 0 atom stereocenters. The van der Waals surface area contributed by atoms with Gasteiger partial charge in [0.1, 0.15) is 0 Å². The summed E-state index contributed by atoms with van der Waals surface area (Å²) in [6.45, 7) is 0. The molecule has 1 radical (unpaired) electrons. The smallest absolute Gasteiger partial charge is 0.342 e. The third-order valence-electron chi connectivity index (χ3n) is 2.20. The van der Waals surface area contributed by atoms with Gasteiger partial charge in [-0.05, 0) is 12.1 Å². The second-order valence-corrected chi connectivity index (χ2v) is 3.33. The molecule has 0 fully saturated rings. The van der Waals surface area contributed by atoms with Crippen molar-refractivity contribution in [2.24, 2.45) is 0 Å². The number of anilines is 2. The molecule has 0 bridgehead atoms. The van der Waals surface area contributed by atoms with Gasteiger partial charge < -0.3 is 9.62 Å². The zero-order chi connectivity index (χ0) is 11.5. The van der Waals surface area contributed by atoms with Crippen molar-refractivity contribution in [1.29, 1.82) is 0 Å².